The van der Waals surface area contributed by atoms with Gasteiger partial charge < -0.3 is 10.1 Å². The van der Waals surface area contributed by atoms with E-state index in [2.05, 4.69) is 25.9 Å². The van der Waals surface area contributed by atoms with Crippen LogP contribution in [0.1, 0.15) is 10.5 Å². The summed E-state index contributed by atoms with van der Waals surface area (Å²) in [7, 11) is 0. The van der Waals surface area contributed by atoms with Crippen molar-refractivity contribution in [2.45, 2.75) is 0 Å². The first-order valence-electron chi connectivity index (χ1n) is 2.14. The van der Waals surface area contributed by atoms with Crippen molar-refractivity contribution in [3.8, 4) is 0 Å². The van der Waals surface area contributed by atoms with Crippen molar-refractivity contribution in [2.24, 2.45) is 0 Å². The molecule has 1 aromatic heterocycles. The Kier molecular flexibility index (Phi) is 1.52. The molecule has 0 amide bonds. The molecule has 2 N–H and O–H groups in total. The second kappa shape index (κ2) is 2.18. The van der Waals surface area contributed by atoms with Crippen LogP contribution in [0.25, 0.3) is 0 Å². The van der Waals surface area contributed by atoms with Crippen LogP contribution in [0.5, 0.6) is 0 Å². The van der Waals surface area contributed by atoms with E-state index in [1.807, 2.05) is 0 Å². The van der Waals surface area contributed by atoms with Crippen molar-refractivity contribution in [3.05, 3.63) is 16.6 Å². The maximum atomic E-state index is 10.1. The van der Waals surface area contributed by atoms with Crippen LogP contribution >= 0.6 is 15.9 Å². The summed E-state index contributed by atoms with van der Waals surface area (Å²) in [6.07, 6.45) is 1.24. The molecule has 0 spiro atoms. The summed E-state index contributed by atoms with van der Waals surface area (Å²) in [5, 5.41) is 8.31. The molecule has 4 nitrogen and oxygen atoms in total. The zero-order valence-corrected chi connectivity index (χ0v) is 5.84. The van der Waals surface area contributed by atoms with Gasteiger partial charge in [0.15, 0.2) is 4.73 Å². The first kappa shape index (κ1) is 6.28. The van der Waals surface area contributed by atoms with Crippen LogP contribution in [0.4, 0.5) is 0 Å². The molecule has 9 heavy (non-hydrogen) atoms. The third-order valence-corrected chi connectivity index (χ3v) is 1.18. The fourth-order valence-corrected chi connectivity index (χ4v) is 0.722. The van der Waals surface area contributed by atoms with Gasteiger partial charge in [0, 0.05) is 0 Å². The zero-order chi connectivity index (χ0) is 6.85. The quantitative estimate of drug-likeness (QED) is 0.691. The number of carboxylic acid groups (broad SMARTS) is 1. The molecule has 5 heteroatoms. The summed E-state index contributed by atoms with van der Waals surface area (Å²) in [4.78, 5) is 16.2. The number of carbonyl (C=O) groups is 1. The summed E-state index contributed by atoms with van der Waals surface area (Å²) in [6, 6.07) is 0. The van der Waals surface area contributed by atoms with Gasteiger partial charge in [-0.1, -0.05) is 0 Å². The molecule has 0 saturated heterocycles. The highest BCUT2D eigenvalue weighted by atomic mass is 79.9. The average molecular weight is 191 g/mol. The standard InChI is InChI=1S/C4H3BrN2O2/c5-4-6-1-2(7-4)3(8)9/h1H,(H,6,7)(H,8,9). The fraction of sp³-hybridized carbons (Fsp3) is 0. The van der Waals surface area contributed by atoms with E-state index in [4.69, 9.17) is 5.11 Å². The van der Waals surface area contributed by atoms with Gasteiger partial charge in [-0.15, -0.1) is 0 Å². The number of aromatic carboxylic acids is 1. The van der Waals surface area contributed by atoms with Crippen LogP contribution in [0, 0.1) is 0 Å². The molecule has 0 saturated carbocycles. The molecule has 0 radical (unpaired) electrons. The van der Waals surface area contributed by atoms with E-state index < -0.39 is 5.97 Å². The Bertz CT molecular complexity index is 232. The number of halogens is 1. The van der Waals surface area contributed by atoms with E-state index in [1.54, 1.807) is 0 Å². The third-order valence-electron chi connectivity index (χ3n) is 0.775. The van der Waals surface area contributed by atoms with Gasteiger partial charge in [0.25, 0.3) is 0 Å². The molecule has 0 aliphatic carbocycles. The van der Waals surface area contributed by atoms with Gasteiger partial charge in [-0.2, -0.15) is 0 Å². The molecule has 0 bridgehead atoms. The molecule has 1 rings (SSSR count). The molecular formula is C4H3BrN2O2. The van der Waals surface area contributed by atoms with Crippen LogP contribution in [0.3, 0.4) is 0 Å². The molecule has 1 aromatic rings. The number of rotatable bonds is 1. The second-order valence-corrected chi connectivity index (χ2v) is 2.14. The van der Waals surface area contributed by atoms with Gasteiger partial charge in [-0.25, -0.2) is 9.78 Å². The summed E-state index contributed by atoms with van der Waals surface area (Å²) in [5.41, 5.74) is 0.0851. The predicted molar refractivity (Wildman–Crippen MR) is 33.2 cm³/mol. The molecule has 0 aromatic carbocycles. The number of hydrogen-bond donors (Lipinski definition) is 2. The highest BCUT2D eigenvalue weighted by Crippen LogP contribution is 2.02. The van der Waals surface area contributed by atoms with Crippen LogP contribution in [-0.4, -0.2) is 21.0 Å². The predicted octanol–water partition coefficient (Wildman–Crippen LogP) is 0.870. The van der Waals surface area contributed by atoms with Crippen LogP contribution in [-0.2, 0) is 0 Å². The van der Waals surface area contributed by atoms with Gasteiger partial charge in [0.2, 0.25) is 0 Å². The van der Waals surface area contributed by atoms with Gasteiger partial charge >= 0.3 is 5.97 Å². The number of hydrogen-bond acceptors (Lipinski definition) is 2. The van der Waals surface area contributed by atoms with Crippen LogP contribution < -0.4 is 0 Å². The van der Waals surface area contributed by atoms with Crippen molar-refractivity contribution in [3.63, 3.8) is 0 Å². The Morgan fingerprint density at radius 1 is 1.89 bits per heavy atom. The lowest BCUT2D eigenvalue weighted by atomic mass is 10.5. The normalized spacial score (nSPS) is 9.44. The largest absolute Gasteiger partial charge is 0.477 e. The van der Waals surface area contributed by atoms with Gasteiger partial charge in [0.1, 0.15) is 5.69 Å². The Morgan fingerprint density at radius 3 is 2.78 bits per heavy atom. The molecule has 0 fully saturated rings. The molecule has 0 aliphatic rings. The SMILES string of the molecule is O=C(O)c1cnc(Br)[nH]1. The molecule has 0 unspecified atom stereocenters. The van der Waals surface area contributed by atoms with E-state index in [0.29, 0.717) is 4.73 Å². The van der Waals surface area contributed by atoms with E-state index in [0.717, 1.165) is 0 Å². The minimum atomic E-state index is -1.01. The monoisotopic (exact) mass is 190 g/mol. The number of aromatic amines is 1. The number of H-pyrrole nitrogens is 1. The van der Waals surface area contributed by atoms with E-state index in [-0.39, 0.29) is 5.69 Å². The Hall–Kier alpha value is -0.840. The second-order valence-electron chi connectivity index (χ2n) is 1.39. The lowest BCUT2D eigenvalue weighted by Crippen LogP contribution is -1.94. The Balaban J connectivity index is 2.98. The molecule has 48 valence electrons. The maximum Gasteiger partial charge on any atom is 0.353 e. The number of carboxylic acids is 1. The lowest BCUT2D eigenvalue weighted by molar-refractivity contribution is 0.0691. The van der Waals surface area contributed by atoms with Crippen molar-refractivity contribution in [2.75, 3.05) is 0 Å². The Morgan fingerprint density at radius 2 is 2.56 bits per heavy atom. The van der Waals surface area contributed by atoms with Crippen LogP contribution in [0.15, 0.2) is 10.9 Å². The van der Waals surface area contributed by atoms with Crippen molar-refractivity contribution >= 4 is 21.9 Å². The first-order chi connectivity index (χ1) is 4.20. The first-order valence-corrected chi connectivity index (χ1v) is 2.93. The summed E-state index contributed by atoms with van der Waals surface area (Å²) in [6.45, 7) is 0. The van der Waals surface area contributed by atoms with Gasteiger partial charge in [-0.3, -0.25) is 0 Å². The maximum absolute atomic E-state index is 10.1. The lowest BCUT2D eigenvalue weighted by Gasteiger charge is -1.80. The molecule has 1 heterocycles. The highest BCUT2D eigenvalue weighted by molar-refractivity contribution is 9.10. The summed E-state index contributed by atoms with van der Waals surface area (Å²) >= 11 is 2.97. The van der Waals surface area contributed by atoms with E-state index in [1.165, 1.54) is 6.20 Å². The molecular weight excluding hydrogens is 188 g/mol. The van der Waals surface area contributed by atoms with Crippen molar-refractivity contribution < 1.29 is 9.90 Å². The minimum Gasteiger partial charge on any atom is -0.477 e. The summed E-state index contributed by atoms with van der Waals surface area (Å²) in [5.74, 6) is -1.01. The van der Waals surface area contributed by atoms with Crippen LogP contribution in [0.2, 0.25) is 0 Å². The van der Waals surface area contributed by atoms with E-state index >= 15 is 0 Å². The summed E-state index contributed by atoms with van der Waals surface area (Å²) < 4.78 is 0.430. The smallest absolute Gasteiger partial charge is 0.353 e. The number of nitrogens with zero attached hydrogens (tertiary/aromatic N) is 1. The van der Waals surface area contributed by atoms with Gasteiger partial charge in [-0.05, 0) is 15.9 Å². The minimum absolute atomic E-state index is 0.0851. The number of imidazole rings is 1. The fourth-order valence-electron chi connectivity index (χ4n) is 0.406. The highest BCUT2D eigenvalue weighted by Gasteiger charge is 2.03. The topological polar surface area (TPSA) is 66.0 Å². The average Bonchev–Trinajstić information content (AvgIpc) is 2.14. The Labute approximate surface area is 59.0 Å². The van der Waals surface area contributed by atoms with E-state index in [9.17, 15) is 4.79 Å². The van der Waals surface area contributed by atoms with Crippen molar-refractivity contribution in [1.29, 1.82) is 0 Å². The zero-order valence-electron chi connectivity index (χ0n) is 4.26. The number of nitrogens with one attached hydrogen (secondary N) is 1. The molecule has 0 atom stereocenters. The number of aromatic nitrogens is 2. The van der Waals surface area contributed by atoms with Gasteiger partial charge in [0.05, 0.1) is 6.20 Å². The van der Waals surface area contributed by atoms with Crippen molar-refractivity contribution in [1.82, 2.24) is 9.97 Å². The molecule has 0 aliphatic heterocycles. The third kappa shape index (κ3) is 1.29.